The number of rotatable bonds is 5. The fourth-order valence-corrected chi connectivity index (χ4v) is 3.22. The molecule has 8 heteroatoms. The van der Waals surface area contributed by atoms with Crippen molar-refractivity contribution in [1.29, 1.82) is 0 Å². The van der Waals surface area contributed by atoms with Crippen LogP contribution in [0.3, 0.4) is 0 Å². The molecule has 0 spiro atoms. The molecule has 2 heterocycles. The molecule has 1 saturated heterocycles. The number of halogens is 2. The van der Waals surface area contributed by atoms with Gasteiger partial charge in [0.05, 0.1) is 12.2 Å². The van der Waals surface area contributed by atoms with E-state index in [-0.39, 0.29) is 29.8 Å². The number of aliphatic imine (C=N–C) groups is 1. The topological polar surface area (TPSA) is 70.9 Å². The summed E-state index contributed by atoms with van der Waals surface area (Å²) in [6.45, 7) is 7.84. The van der Waals surface area contributed by atoms with E-state index in [1.165, 1.54) is 12.1 Å². The summed E-state index contributed by atoms with van der Waals surface area (Å²) in [6.07, 6.45) is 1.62. The Bertz CT molecular complexity index is 732. The second-order valence-corrected chi connectivity index (χ2v) is 6.36. The van der Waals surface area contributed by atoms with Gasteiger partial charge in [-0.2, -0.15) is 0 Å². The first-order valence-corrected chi connectivity index (χ1v) is 9.14. The lowest BCUT2D eigenvalue weighted by molar-refractivity contribution is 0.378. The van der Waals surface area contributed by atoms with Crippen LogP contribution in [-0.2, 0) is 19.4 Å². The number of hydrogen-bond donors (Lipinski definition) is 1. The van der Waals surface area contributed by atoms with Crippen LogP contribution in [0.5, 0.6) is 0 Å². The number of piperazine rings is 1. The largest absolute Gasteiger partial charge is 0.370 e. The van der Waals surface area contributed by atoms with E-state index in [2.05, 4.69) is 26.9 Å². The summed E-state index contributed by atoms with van der Waals surface area (Å²) in [6, 6.07) is 6.61. The van der Waals surface area contributed by atoms with E-state index in [0.29, 0.717) is 12.5 Å². The van der Waals surface area contributed by atoms with Crippen LogP contribution in [-0.4, -0.2) is 42.2 Å². The van der Waals surface area contributed by atoms with Gasteiger partial charge in [-0.3, -0.25) is 0 Å². The third-order valence-corrected chi connectivity index (χ3v) is 4.80. The van der Waals surface area contributed by atoms with Gasteiger partial charge in [-0.25, -0.2) is 9.38 Å². The highest BCUT2D eigenvalue weighted by atomic mass is 127. The van der Waals surface area contributed by atoms with E-state index in [1.807, 2.05) is 19.1 Å². The maximum absolute atomic E-state index is 13.1. The predicted octanol–water partition coefficient (Wildman–Crippen LogP) is 3.19. The fourth-order valence-electron chi connectivity index (χ4n) is 3.22. The Morgan fingerprint density at radius 2 is 1.81 bits per heavy atom. The van der Waals surface area contributed by atoms with Crippen LogP contribution < -0.4 is 10.6 Å². The quantitative estimate of drug-likeness (QED) is 0.399. The van der Waals surface area contributed by atoms with Crippen molar-refractivity contribution in [1.82, 2.24) is 10.1 Å². The number of guanidine groups is 1. The van der Waals surface area contributed by atoms with Crippen molar-refractivity contribution in [3.05, 3.63) is 47.1 Å². The fraction of sp³-hybridized carbons (Fsp3) is 0.474. The maximum atomic E-state index is 13.1. The molecule has 0 unspecified atom stereocenters. The lowest BCUT2D eigenvalue weighted by Gasteiger charge is -2.36. The van der Waals surface area contributed by atoms with Gasteiger partial charge in [-0.1, -0.05) is 19.0 Å². The van der Waals surface area contributed by atoms with E-state index >= 15 is 0 Å². The Morgan fingerprint density at radius 3 is 2.41 bits per heavy atom. The number of benzene rings is 1. The van der Waals surface area contributed by atoms with E-state index in [0.717, 1.165) is 61.7 Å². The Balaban J connectivity index is 0.00000261. The normalized spacial score (nSPS) is 15.0. The summed E-state index contributed by atoms with van der Waals surface area (Å²) in [5.41, 5.74) is 9.26. The standard InChI is InChI=1S/C19H26FN5O.HI/c1-3-17-16(18(4-2)26-23-17)13-22-19(21)25-11-9-24(10-12-25)15-7-5-14(20)6-8-15;/h5-8H,3-4,9-13H2,1-2H3,(H2,21,22);1H. The Hall–Kier alpha value is -1.84. The van der Waals surface area contributed by atoms with Crippen molar-refractivity contribution in [3.63, 3.8) is 0 Å². The van der Waals surface area contributed by atoms with E-state index in [4.69, 9.17) is 10.3 Å². The average Bonchev–Trinajstić information content (AvgIpc) is 3.09. The zero-order chi connectivity index (χ0) is 18.5. The summed E-state index contributed by atoms with van der Waals surface area (Å²) in [5, 5.41) is 4.11. The molecular formula is C19H27FIN5O. The minimum Gasteiger partial charge on any atom is -0.370 e. The molecule has 148 valence electrons. The zero-order valence-electron chi connectivity index (χ0n) is 15.8. The summed E-state index contributed by atoms with van der Waals surface area (Å²) < 4.78 is 18.4. The van der Waals surface area contributed by atoms with Gasteiger partial charge in [0.15, 0.2) is 5.96 Å². The minimum atomic E-state index is -0.213. The number of nitrogens with zero attached hydrogens (tertiary/aromatic N) is 4. The van der Waals surface area contributed by atoms with Crippen molar-refractivity contribution in [2.24, 2.45) is 10.7 Å². The third kappa shape index (κ3) is 5.12. The molecule has 0 bridgehead atoms. The van der Waals surface area contributed by atoms with Gasteiger partial charge in [0.25, 0.3) is 0 Å². The Kier molecular flexibility index (Phi) is 7.88. The SMILES string of the molecule is CCc1noc(CC)c1CN=C(N)N1CCN(c2ccc(F)cc2)CC1.I. The van der Waals surface area contributed by atoms with Crippen LogP contribution in [0.25, 0.3) is 0 Å². The molecule has 2 N–H and O–H groups in total. The van der Waals surface area contributed by atoms with Gasteiger partial charge in [-0.15, -0.1) is 24.0 Å². The molecule has 3 rings (SSSR count). The molecule has 1 aromatic carbocycles. The second-order valence-electron chi connectivity index (χ2n) is 6.36. The molecule has 0 aliphatic carbocycles. The zero-order valence-corrected chi connectivity index (χ0v) is 18.2. The summed E-state index contributed by atoms with van der Waals surface area (Å²) in [7, 11) is 0. The van der Waals surface area contributed by atoms with Crippen LogP contribution in [0.1, 0.15) is 30.9 Å². The van der Waals surface area contributed by atoms with Gasteiger partial charge in [0.2, 0.25) is 0 Å². The molecule has 2 aromatic rings. The maximum Gasteiger partial charge on any atom is 0.191 e. The van der Waals surface area contributed by atoms with Crippen LogP contribution in [0.4, 0.5) is 10.1 Å². The van der Waals surface area contributed by atoms with Crippen molar-refractivity contribution >= 4 is 35.6 Å². The molecule has 0 atom stereocenters. The highest BCUT2D eigenvalue weighted by Crippen LogP contribution is 2.18. The van der Waals surface area contributed by atoms with Crippen LogP contribution in [0.15, 0.2) is 33.8 Å². The van der Waals surface area contributed by atoms with Crippen molar-refractivity contribution in [3.8, 4) is 0 Å². The second kappa shape index (κ2) is 9.91. The highest BCUT2D eigenvalue weighted by Gasteiger charge is 2.19. The Morgan fingerprint density at radius 1 is 1.15 bits per heavy atom. The van der Waals surface area contributed by atoms with E-state index in [9.17, 15) is 4.39 Å². The molecule has 0 amide bonds. The number of aryl methyl sites for hydroxylation is 2. The molecule has 27 heavy (non-hydrogen) atoms. The average molecular weight is 487 g/mol. The van der Waals surface area contributed by atoms with Crippen LogP contribution >= 0.6 is 24.0 Å². The molecular weight excluding hydrogens is 460 g/mol. The number of nitrogens with two attached hydrogens (primary N) is 1. The first kappa shape index (κ1) is 21.5. The van der Waals surface area contributed by atoms with Gasteiger partial charge in [-0.05, 0) is 30.7 Å². The molecule has 0 radical (unpaired) electrons. The Labute approximate surface area is 176 Å². The van der Waals surface area contributed by atoms with Crippen molar-refractivity contribution < 1.29 is 8.91 Å². The van der Waals surface area contributed by atoms with Gasteiger partial charge >= 0.3 is 0 Å². The van der Waals surface area contributed by atoms with Crippen LogP contribution in [0, 0.1) is 5.82 Å². The van der Waals surface area contributed by atoms with Crippen molar-refractivity contribution in [2.45, 2.75) is 33.2 Å². The van der Waals surface area contributed by atoms with E-state index in [1.54, 1.807) is 0 Å². The molecule has 1 fully saturated rings. The highest BCUT2D eigenvalue weighted by molar-refractivity contribution is 14.0. The predicted molar refractivity (Wildman–Crippen MR) is 116 cm³/mol. The molecule has 1 aliphatic rings. The first-order chi connectivity index (χ1) is 12.6. The molecule has 6 nitrogen and oxygen atoms in total. The molecule has 1 aromatic heterocycles. The van der Waals surface area contributed by atoms with Crippen LogP contribution in [0.2, 0.25) is 0 Å². The smallest absolute Gasteiger partial charge is 0.191 e. The molecule has 1 aliphatic heterocycles. The first-order valence-electron chi connectivity index (χ1n) is 9.14. The number of aromatic nitrogens is 1. The summed E-state index contributed by atoms with van der Waals surface area (Å²) in [5.74, 6) is 1.23. The third-order valence-electron chi connectivity index (χ3n) is 4.80. The summed E-state index contributed by atoms with van der Waals surface area (Å²) in [4.78, 5) is 8.89. The van der Waals surface area contributed by atoms with Crippen molar-refractivity contribution in [2.75, 3.05) is 31.1 Å². The lowest BCUT2D eigenvalue weighted by Crippen LogP contribution is -2.51. The monoisotopic (exact) mass is 487 g/mol. The molecule has 0 saturated carbocycles. The lowest BCUT2D eigenvalue weighted by atomic mass is 10.1. The summed E-state index contributed by atoms with van der Waals surface area (Å²) >= 11 is 0. The minimum absolute atomic E-state index is 0. The number of hydrogen-bond acceptors (Lipinski definition) is 4. The van der Waals surface area contributed by atoms with Gasteiger partial charge in [0, 0.05) is 43.9 Å². The number of anilines is 1. The van der Waals surface area contributed by atoms with Gasteiger partial charge in [0.1, 0.15) is 11.6 Å². The van der Waals surface area contributed by atoms with Gasteiger partial charge < -0.3 is 20.1 Å². The van der Waals surface area contributed by atoms with E-state index < -0.39 is 0 Å².